The second-order valence-corrected chi connectivity index (χ2v) is 12.0. The zero-order valence-corrected chi connectivity index (χ0v) is 19.8. The molecule has 0 aliphatic carbocycles. The fraction of sp³-hybridized carbons (Fsp3) is 1.00. The maximum Gasteiger partial charge on any atom is 0.217 e. The van der Waals surface area contributed by atoms with Gasteiger partial charge in [-0.1, -0.05) is 118 Å². The molecular formula is C23H49O2Si. The first-order chi connectivity index (χ1) is 12.5. The molecule has 0 unspecified atom stereocenters. The van der Waals surface area contributed by atoms with E-state index in [2.05, 4.69) is 27.7 Å². The Hall–Kier alpha value is 0.137. The molecule has 0 N–H and O–H groups in total. The van der Waals surface area contributed by atoms with Gasteiger partial charge >= 0.3 is 0 Å². The van der Waals surface area contributed by atoms with Gasteiger partial charge in [0.15, 0.2) is 0 Å². The Morgan fingerprint density at radius 3 is 1.42 bits per heavy atom. The SMILES string of the molecule is CCCCCCCCCCCCCCCC[Si](OCCOC)C(C)(C)C. The zero-order chi connectivity index (χ0) is 19.5. The van der Waals surface area contributed by atoms with Gasteiger partial charge in [-0.05, 0) is 11.1 Å². The van der Waals surface area contributed by atoms with Crippen LogP contribution < -0.4 is 0 Å². The molecule has 0 aromatic rings. The molecule has 0 aliphatic heterocycles. The molecule has 2 nitrogen and oxygen atoms in total. The number of rotatable bonds is 19. The van der Waals surface area contributed by atoms with Crippen molar-refractivity contribution in [1.82, 2.24) is 0 Å². The molecule has 0 aromatic heterocycles. The number of hydrogen-bond acceptors (Lipinski definition) is 2. The van der Waals surface area contributed by atoms with Crippen molar-refractivity contribution in [2.24, 2.45) is 0 Å². The van der Waals surface area contributed by atoms with E-state index < -0.39 is 9.04 Å². The summed E-state index contributed by atoms with van der Waals surface area (Å²) in [4.78, 5) is 0. The molecule has 1 radical (unpaired) electrons. The summed E-state index contributed by atoms with van der Waals surface area (Å²) in [6.45, 7) is 10.8. The second kappa shape index (κ2) is 18.5. The van der Waals surface area contributed by atoms with Gasteiger partial charge in [-0.15, -0.1) is 0 Å². The third-order valence-corrected chi connectivity index (χ3v) is 8.19. The highest BCUT2D eigenvalue weighted by Gasteiger charge is 2.28. The van der Waals surface area contributed by atoms with E-state index >= 15 is 0 Å². The van der Waals surface area contributed by atoms with Crippen molar-refractivity contribution in [3.63, 3.8) is 0 Å². The maximum atomic E-state index is 6.14. The quantitative estimate of drug-likeness (QED) is 0.166. The number of methoxy groups -OCH3 is 1. The number of ether oxygens (including phenoxy) is 1. The largest absolute Gasteiger partial charge is 0.414 e. The van der Waals surface area contributed by atoms with Crippen molar-refractivity contribution < 1.29 is 9.16 Å². The molecule has 0 atom stereocenters. The fourth-order valence-corrected chi connectivity index (χ4v) is 5.62. The van der Waals surface area contributed by atoms with Gasteiger partial charge in [0.1, 0.15) is 0 Å². The van der Waals surface area contributed by atoms with Crippen LogP contribution in [0.2, 0.25) is 11.1 Å². The predicted octanol–water partition coefficient (Wildman–Crippen LogP) is 7.92. The van der Waals surface area contributed by atoms with Crippen LogP contribution in [0.3, 0.4) is 0 Å². The van der Waals surface area contributed by atoms with Gasteiger partial charge in [0, 0.05) is 7.11 Å². The zero-order valence-electron chi connectivity index (χ0n) is 18.8. The number of hydrogen-bond donors (Lipinski definition) is 0. The van der Waals surface area contributed by atoms with Gasteiger partial charge in [-0.3, -0.25) is 0 Å². The molecular weight excluding hydrogens is 336 g/mol. The Balaban J connectivity index is 3.42. The molecule has 0 spiro atoms. The van der Waals surface area contributed by atoms with Crippen molar-refractivity contribution >= 4 is 9.04 Å². The normalized spacial score (nSPS) is 12.2. The lowest BCUT2D eigenvalue weighted by Gasteiger charge is -2.28. The summed E-state index contributed by atoms with van der Waals surface area (Å²) >= 11 is 0. The minimum atomic E-state index is -0.728. The predicted molar refractivity (Wildman–Crippen MR) is 118 cm³/mol. The van der Waals surface area contributed by atoms with E-state index in [4.69, 9.17) is 9.16 Å². The average molecular weight is 386 g/mol. The first kappa shape index (κ1) is 26.1. The Bertz CT molecular complexity index is 276. The van der Waals surface area contributed by atoms with Crippen LogP contribution in [0.4, 0.5) is 0 Å². The van der Waals surface area contributed by atoms with E-state index in [-0.39, 0.29) is 0 Å². The summed E-state index contributed by atoms with van der Waals surface area (Å²) < 4.78 is 11.3. The molecule has 26 heavy (non-hydrogen) atoms. The van der Waals surface area contributed by atoms with Crippen molar-refractivity contribution in [2.45, 2.75) is 129 Å². The van der Waals surface area contributed by atoms with Gasteiger partial charge in [-0.25, -0.2) is 0 Å². The Labute approximate surface area is 167 Å². The molecule has 0 heterocycles. The lowest BCUT2D eigenvalue weighted by atomic mass is 10.0. The summed E-state index contributed by atoms with van der Waals surface area (Å²) in [5.41, 5.74) is 0. The van der Waals surface area contributed by atoms with E-state index in [1.165, 1.54) is 95.9 Å². The monoisotopic (exact) mass is 385 g/mol. The van der Waals surface area contributed by atoms with Crippen molar-refractivity contribution in [3.8, 4) is 0 Å². The van der Waals surface area contributed by atoms with Gasteiger partial charge in [-0.2, -0.15) is 0 Å². The molecule has 157 valence electrons. The summed E-state index contributed by atoms with van der Waals surface area (Å²) in [7, 11) is 1.02. The van der Waals surface area contributed by atoms with E-state index in [0.717, 1.165) is 13.2 Å². The summed E-state index contributed by atoms with van der Waals surface area (Å²) in [6.07, 6.45) is 20.0. The van der Waals surface area contributed by atoms with Crippen LogP contribution in [-0.2, 0) is 9.16 Å². The van der Waals surface area contributed by atoms with Crippen LogP contribution in [0.15, 0.2) is 0 Å². The van der Waals surface area contributed by atoms with Gasteiger partial charge in [0.05, 0.1) is 13.2 Å². The molecule has 0 bridgehead atoms. The van der Waals surface area contributed by atoms with Crippen molar-refractivity contribution in [3.05, 3.63) is 0 Å². The standard InChI is InChI=1S/C23H49O2Si/c1-6-7-8-9-10-11-12-13-14-15-16-17-18-19-22-26(23(2,3)4)25-21-20-24-5/h6-22H2,1-5H3. The summed E-state index contributed by atoms with van der Waals surface area (Å²) in [6, 6.07) is 1.29. The van der Waals surface area contributed by atoms with E-state index in [0.29, 0.717) is 5.04 Å². The molecule has 0 amide bonds. The molecule has 0 rings (SSSR count). The van der Waals surface area contributed by atoms with Crippen LogP contribution >= 0.6 is 0 Å². The molecule has 0 aliphatic rings. The third-order valence-electron chi connectivity index (χ3n) is 5.16. The lowest BCUT2D eigenvalue weighted by molar-refractivity contribution is 0.142. The minimum absolute atomic E-state index is 0.328. The lowest BCUT2D eigenvalue weighted by Crippen LogP contribution is -2.30. The van der Waals surface area contributed by atoms with E-state index in [1.807, 2.05) is 0 Å². The Morgan fingerprint density at radius 2 is 1.04 bits per heavy atom. The average Bonchev–Trinajstić information content (AvgIpc) is 2.59. The Kier molecular flexibility index (Phi) is 18.6. The Morgan fingerprint density at radius 1 is 0.615 bits per heavy atom. The van der Waals surface area contributed by atoms with Crippen molar-refractivity contribution in [1.29, 1.82) is 0 Å². The van der Waals surface area contributed by atoms with Gasteiger partial charge in [0.25, 0.3) is 0 Å². The second-order valence-electron chi connectivity index (χ2n) is 8.86. The van der Waals surface area contributed by atoms with Crippen molar-refractivity contribution in [2.75, 3.05) is 20.3 Å². The molecule has 0 fully saturated rings. The maximum absolute atomic E-state index is 6.14. The topological polar surface area (TPSA) is 18.5 Å². The van der Waals surface area contributed by atoms with E-state index in [9.17, 15) is 0 Å². The molecule has 0 saturated heterocycles. The first-order valence-electron chi connectivity index (χ1n) is 11.5. The highest BCUT2D eigenvalue weighted by molar-refractivity contribution is 6.55. The fourth-order valence-electron chi connectivity index (χ4n) is 3.39. The van der Waals surface area contributed by atoms with Gasteiger partial charge in [0.2, 0.25) is 9.04 Å². The van der Waals surface area contributed by atoms with Crippen LogP contribution in [0.25, 0.3) is 0 Å². The van der Waals surface area contributed by atoms with Crippen LogP contribution in [0.5, 0.6) is 0 Å². The number of unbranched alkanes of at least 4 members (excludes halogenated alkanes) is 13. The molecule has 0 saturated carbocycles. The summed E-state index contributed by atoms with van der Waals surface area (Å²) in [5, 5.41) is 0.328. The van der Waals surface area contributed by atoms with Gasteiger partial charge < -0.3 is 9.16 Å². The summed E-state index contributed by atoms with van der Waals surface area (Å²) in [5.74, 6) is 0. The third kappa shape index (κ3) is 17.5. The highest BCUT2D eigenvalue weighted by atomic mass is 28.3. The smallest absolute Gasteiger partial charge is 0.217 e. The van der Waals surface area contributed by atoms with E-state index in [1.54, 1.807) is 7.11 Å². The van der Waals surface area contributed by atoms with Crippen LogP contribution in [-0.4, -0.2) is 29.4 Å². The van der Waals surface area contributed by atoms with Crippen LogP contribution in [0, 0.1) is 0 Å². The molecule has 3 heteroatoms. The minimum Gasteiger partial charge on any atom is -0.414 e. The first-order valence-corrected chi connectivity index (χ1v) is 13.1. The van der Waals surface area contributed by atoms with Crippen LogP contribution in [0.1, 0.15) is 118 Å². The molecule has 0 aromatic carbocycles. The highest BCUT2D eigenvalue weighted by Crippen LogP contribution is 2.31.